The number of benzene rings is 2. The monoisotopic (exact) mass is 517 g/mol. The highest BCUT2D eigenvalue weighted by molar-refractivity contribution is 8.01. The Morgan fingerprint density at radius 2 is 1.80 bits per heavy atom. The predicted molar refractivity (Wildman–Crippen MR) is 131 cm³/mol. The number of hydrogen-bond donors (Lipinski definition) is 0. The van der Waals surface area contributed by atoms with Gasteiger partial charge in [-0.1, -0.05) is 30.3 Å². The van der Waals surface area contributed by atoms with Crippen LogP contribution in [0.3, 0.4) is 0 Å². The Bertz CT molecular complexity index is 1290. The fraction of sp³-hybridized carbons (Fsp3) is 0.458. The van der Waals surface area contributed by atoms with Gasteiger partial charge in [-0.2, -0.15) is 4.31 Å². The number of carbonyl (C=O) groups is 3. The van der Waals surface area contributed by atoms with Gasteiger partial charge in [0.15, 0.2) is 6.61 Å². The van der Waals surface area contributed by atoms with Crippen LogP contribution in [0.4, 0.5) is 0 Å². The average Bonchev–Trinajstić information content (AvgIpc) is 3.37. The molecule has 5 rings (SSSR count). The third-order valence-electron chi connectivity index (χ3n) is 7.00. The number of hydrogen-bond acceptors (Lipinski definition) is 7. The Labute approximate surface area is 208 Å². The molecule has 0 aliphatic carbocycles. The lowest BCUT2D eigenvalue weighted by Crippen LogP contribution is -2.52. The standard InChI is InChI=1S/C24H27N3O6S2/c1-24-9-8-21(28)27(24)20(16-34-24)23(30)33-15-22(29)25-10-12-26(13-11-25)35(31,32)19-7-6-17-4-2-3-5-18(17)14-19/h2-7,14,20H,8-13,15-16H2,1H3/t20-,24+/m1/s1. The Morgan fingerprint density at radius 1 is 1.09 bits per heavy atom. The fourth-order valence-electron chi connectivity index (χ4n) is 4.97. The van der Waals surface area contributed by atoms with Crippen LogP contribution >= 0.6 is 11.8 Å². The molecule has 0 unspecified atom stereocenters. The Morgan fingerprint density at radius 3 is 2.54 bits per heavy atom. The first-order valence-electron chi connectivity index (χ1n) is 11.6. The number of esters is 1. The Kier molecular flexibility index (Phi) is 6.27. The van der Waals surface area contributed by atoms with Crippen molar-refractivity contribution in [2.24, 2.45) is 0 Å². The van der Waals surface area contributed by atoms with Crippen molar-refractivity contribution >= 4 is 50.3 Å². The summed E-state index contributed by atoms with van der Waals surface area (Å²) in [4.78, 5) is 40.4. The third kappa shape index (κ3) is 4.41. The average molecular weight is 518 g/mol. The van der Waals surface area contributed by atoms with Crippen LogP contribution in [0, 0.1) is 0 Å². The molecule has 3 fully saturated rings. The Balaban J connectivity index is 1.15. The fourth-order valence-corrected chi connectivity index (χ4v) is 7.84. The molecule has 9 nitrogen and oxygen atoms in total. The zero-order valence-corrected chi connectivity index (χ0v) is 21.0. The summed E-state index contributed by atoms with van der Waals surface area (Å²) in [5, 5.41) is 1.81. The minimum absolute atomic E-state index is 0.0606. The number of thioether (sulfide) groups is 1. The van der Waals surface area contributed by atoms with Crippen molar-refractivity contribution < 1.29 is 27.5 Å². The quantitative estimate of drug-likeness (QED) is 0.556. The van der Waals surface area contributed by atoms with Gasteiger partial charge in [0.25, 0.3) is 5.91 Å². The highest BCUT2D eigenvalue weighted by atomic mass is 32.2. The number of amides is 2. The minimum atomic E-state index is -3.69. The molecule has 2 aromatic carbocycles. The maximum absolute atomic E-state index is 13.1. The van der Waals surface area contributed by atoms with Gasteiger partial charge in [0.1, 0.15) is 6.04 Å². The van der Waals surface area contributed by atoms with Gasteiger partial charge in [-0.3, -0.25) is 9.59 Å². The van der Waals surface area contributed by atoms with Crippen LogP contribution in [0.15, 0.2) is 47.4 Å². The van der Waals surface area contributed by atoms with Crippen LogP contribution in [0.25, 0.3) is 10.8 Å². The maximum Gasteiger partial charge on any atom is 0.330 e. The first kappa shape index (κ1) is 24.1. The van der Waals surface area contributed by atoms with E-state index in [1.165, 1.54) is 9.21 Å². The number of ether oxygens (including phenoxy) is 1. The summed E-state index contributed by atoms with van der Waals surface area (Å²) in [5.41, 5.74) is 0. The lowest BCUT2D eigenvalue weighted by atomic mass is 10.1. The second-order valence-corrected chi connectivity index (χ2v) is 12.6. The summed E-state index contributed by atoms with van der Waals surface area (Å²) < 4.78 is 32.9. The molecule has 0 aromatic heterocycles. The van der Waals surface area contributed by atoms with Crippen molar-refractivity contribution in [3.63, 3.8) is 0 Å². The molecule has 2 aromatic rings. The zero-order valence-electron chi connectivity index (χ0n) is 19.4. The molecule has 186 valence electrons. The number of piperazine rings is 1. The van der Waals surface area contributed by atoms with Crippen molar-refractivity contribution in [1.82, 2.24) is 14.1 Å². The van der Waals surface area contributed by atoms with Gasteiger partial charge < -0.3 is 14.5 Å². The van der Waals surface area contributed by atoms with E-state index in [0.29, 0.717) is 18.6 Å². The van der Waals surface area contributed by atoms with Crippen LogP contribution in [0.1, 0.15) is 19.8 Å². The number of carbonyl (C=O) groups excluding carboxylic acids is 3. The predicted octanol–water partition coefficient (Wildman–Crippen LogP) is 1.67. The van der Waals surface area contributed by atoms with Gasteiger partial charge in [-0.05, 0) is 36.2 Å². The van der Waals surface area contributed by atoms with Crippen LogP contribution < -0.4 is 0 Å². The van der Waals surface area contributed by atoms with E-state index < -0.39 is 28.6 Å². The third-order valence-corrected chi connectivity index (χ3v) is 10.4. The molecule has 3 saturated heterocycles. The molecule has 0 saturated carbocycles. The maximum atomic E-state index is 13.1. The van der Waals surface area contributed by atoms with E-state index in [-0.39, 0.29) is 47.8 Å². The number of fused-ring (bicyclic) bond motifs is 2. The van der Waals surface area contributed by atoms with E-state index in [0.717, 1.165) is 10.8 Å². The summed E-state index contributed by atoms with van der Waals surface area (Å²) in [6.45, 7) is 2.28. The van der Waals surface area contributed by atoms with Crippen LogP contribution in [-0.2, 0) is 29.1 Å². The van der Waals surface area contributed by atoms with Gasteiger partial charge >= 0.3 is 5.97 Å². The summed E-state index contributed by atoms with van der Waals surface area (Å²) in [6, 6.07) is 12.0. The van der Waals surface area contributed by atoms with Gasteiger partial charge in [0.05, 0.1) is 9.77 Å². The normalized spacial score (nSPS) is 25.2. The molecule has 0 spiro atoms. The molecule has 3 heterocycles. The van der Waals surface area contributed by atoms with E-state index in [4.69, 9.17) is 4.74 Å². The van der Waals surface area contributed by atoms with E-state index in [2.05, 4.69) is 0 Å². The van der Waals surface area contributed by atoms with Gasteiger partial charge in [0.2, 0.25) is 15.9 Å². The summed E-state index contributed by atoms with van der Waals surface area (Å²) in [6.07, 6.45) is 1.12. The van der Waals surface area contributed by atoms with E-state index in [9.17, 15) is 22.8 Å². The van der Waals surface area contributed by atoms with E-state index >= 15 is 0 Å². The SMILES string of the molecule is C[C@]12CCC(=O)N1[C@@H](C(=O)OCC(=O)N1CCN(S(=O)(=O)c3ccc4ccccc4c3)CC1)CS2. The molecule has 3 aliphatic rings. The lowest BCUT2D eigenvalue weighted by molar-refractivity contribution is -0.158. The van der Waals surface area contributed by atoms with Gasteiger partial charge in [-0.25, -0.2) is 13.2 Å². The second kappa shape index (κ2) is 9.11. The van der Waals surface area contributed by atoms with Crippen LogP contribution in [0.2, 0.25) is 0 Å². The largest absolute Gasteiger partial charge is 0.454 e. The molecule has 2 amide bonds. The summed E-state index contributed by atoms with van der Waals surface area (Å²) >= 11 is 1.57. The number of rotatable bonds is 5. The molecule has 0 radical (unpaired) electrons. The van der Waals surface area contributed by atoms with Crippen molar-refractivity contribution in [2.45, 2.75) is 35.6 Å². The van der Waals surface area contributed by atoms with Crippen molar-refractivity contribution in [2.75, 3.05) is 38.5 Å². The molecule has 0 N–H and O–H groups in total. The number of sulfonamides is 1. The Hall–Kier alpha value is -2.63. The van der Waals surface area contributed by atoms with Crippen LogP contribution in [0.5, 0.6) is 0 Å². The van der Waals surface area contributed by atoms with Crippen LogP contribution in [-0.4, -0.2) is 89.8 Å². The molecule has 0 bridgehead atoms. The molecule has 3 aliphatic heterocycles. The molecular weight excluding hydrogens is 490 g/mol. The van der Waals surface area contributed by atoms with Crippen molar-refractivity contribution in [3.8, 4) is 0 Å². The zero-order chi connectivity index (χ0) is 24.8. The molecule has 11 heteroatoms. The minimum Gasteiger partial charge on any atom is -0.454 e. The smallest absolute Gasteiger partial charge is 0.330 e. The van der Waals surface area contributed by atoms with Crippen molar-refractivity contribution in [1.29, 1.82) is 0 Å². The highest BCUT2D eigenvalue weighted by Gasteiger charge is 2.53. The first-order valence-corrected chi connectivity index (χ1v) is 14.0. The molecule has 2 atom stereocenters. The number of nitrogens with zero attached hydrogens (tertiary/aromatic N) is 3. The molecular formula is C24H27N3O6S2. The highest BCUT2D eigenvalue weighted by Crippen LogP contribution is 2.47. The molecule has 35 heavy (non-hydrogen) atoms. The van der Waals surface area contributed by atoms with E-state index in [1.54, 1.807) is 34.9 Å². The van der Waals surface area contributed by atoms with Gasteiger partial charge in [-0.15, -0.1) is 11.8 Å². The second-order valence-electron chi connectivity index (χ2n) is 9.17. The topological polar surface area (TPSA) is 104 Å². The lowest BCUT2D eigenvalue weighted by Gasteiger charge is -2.34. The first-order chi connectivity index (χ1) is 16.7. The van der Waals surface area contributed by atoms with Gasteiger partial charge in [0, 0.05) is 38.4 Å². The van der Waals surface area contributed by atoms with Crippen molar-refractivity contribution in [3.05, 3.63) is 42.5 Å². The summed E-state index contributed by atoms with van der Waals surface area (Å²) in [7, 11) is -3.69. The summed E-state index contributed by atoms with van der Waals surface area (Å²) in [5.74, 6) is -0.542. The van der Waals surface area contributed by atoms with E-state index in [1.807, 2.05) is 31.2 Å².